The van der Waals surface area contributed by atoms with Crippen molar-refractivity contribution in [3.8, 4) is 0 Å². The summed E-state index contributed by atoms with van der Waals surface area (Å²) in [5.74, 6) is -1.13. The molecule has 1 aliphatic rings. The molecular formula is C13H18F3N3O. The number of aromatic nitrogens is 2. The van der Waals surface area contributed by atoms with E-state index in [9.17, 15) is 18.0 Å². The maximum Gasteiger partial charge on any atom is 0.393 e. The number of carbonyl (C=O) groups excluding carboxylic acids is 1. The van der Waals surface area contributed by atoms with Crippen molar-refractivity contribution >= 4 is 5.91 Å². The fourth-order valence-electron chi connectivity index (χ4n) is 2.29. The Morgan fingerprint density at radius 2 is 2.15 bits per heavy atom. The van der Waals surface area contributed by atoms with Crippen LogP contribution >= 0.6 is 0 Å². The van der Waals surface area contributed by atoms with Crippen LogP contribution in [0.4, 0.5) is 13.2 Å². The van der Waals surface area contributed by atoms with Gasteiger partial charge < -0.3 is 9.47 Å². The van der Waals surface area contributed by atoms with Gasteiger partial charge in [-0.1, -0.05) is 0 Å². The normalized spacial score (nSPS) is 19.1. The topological polar surface area (TPSA) is 38.1 Å². The third kappa shape index (κ3) is 2.66. The number of hydrogen-bond acceptors (Lipinski definition) is 2. The van der Waals surface area contributed by atoms with Crippen LogP contribution in [0, 0.1) is 5.92 Å². The molecule has 0 fully saturated rings. The predicted molar refractivity (Wildman–Crippen MR) is 67.3 cm³/mol. The molecule has 0 saturated carbocycles. The maximum absolute atomic E-state index is 12.8. The number of nitrogens with zero attached hydrogens (tertiary/aromatic N) is 3. The maximum atomic E-state index is 12.8. The molecule has 1 amide bonds. The lowest BCUT2D eigenvalue weighted by atomic mass is 9.99. The summed E-state index contributed by atoms with van der Waals surface area (Å²) in [6.45, 7) is 3.49. The van der Waals surface area contributed by atoms with Crippen LogP contribution in [-0.4, -0.2) is 39.6 Å². The van der Waals surface area contributed by atoms with Crippen molar-refractivity contribution in [3.63, 3.8) is 0 Å². The van der Waals surface area contributed by atoms with E-state index < -0.39 is 12.1 Å². The Balaban J connectivity index is 2.28. The van der Waals surface area contributed by atoms with Crippen LogP contribution in [-0.2, 0) is 13.0 Å². The monoisotopic (exact) mass is 289 g/mol. The molecule has 0 aliphatic carbocycles. The Kier molecular flexibility index (Phi) is 3.80. The summed E-state index contributed by atoms with van der Waals surface area (Å²) >= 11 is 0. The van der Waals surface area contributed by atoms with Crippen molar-refractivity contribution in [2.24, 2.45) is 5.92 Å². The highest BCUT2D eigenvalue weighted by atomic mass is 19.4. The first-order chi connectivity index (χ1) is 9.21. The second-order valence-electron chi connectivity index (χ2n) is 5.46. The van der Waals surface area contributed by atoms with Crippen molar-refractivity contribution in [1.29, 1.82) is 0 Å². The zero-order chi connectivity index (χ0) is 15.1. The molecule has 1 aromatic heterocycles. The molecule has 0 bridgehead atoms. The molecule has 0 radical (unpaired) electrons. The van der Waals surface area contributed by atoms with Crippen LogP contribution in [0.1, 0.15) is 36.6 Å². The van der Waals surface area contributed by atoms with E-state index in [1.54, 1.807) is 7.05 Å². The van der Waals surface area contributed by atoms with Crippen molar-refractivity contribution in [2.75, 3.05) is 7.05 Å². The van der Waals surface area contributed by atoms with Crippen LogP contribution in [0.15, 0.2) is 6.20 Å². The summed E-state index contributed by atoms with van der Waals surface area (Å²) in [6.07, 6.45) is -2.56. The minimum absolute atomic E-state index is 0.0179. The lowest BCUT2D eigenvalue weighted by Gasteiger charge is -2.28. The Morgan fingerprint density at radius 1 is 1.50 bits per heavy atom. The SMILES string of the molecule is CC(C)N(C)C(=O)c1cnc2n1C[C@H](C(F)(F)F)CC2. The van der Waals surface area contributed by atoms with E-state index in [0.29, 0.717) is 5.82 Å². The summed E-state index contributed by atoms with van der Waals surface area (Å²) in [6, 6.07) is -0.0179. The zero-order valence-electron chi connectivity index (χ0n) is 11.7. The summed E-state index contributed by atoms with van der Waals surface area (Å²) in [5.41, 5.74) is 0.241. The smallest absolute Gasteiger partial charge is 0.338 e. The van der Waals surface area contributed by atoms with Crippen LogP contribution in [0.25, 0.3) is 0 Å². The van der Waals surface area contributed by atoms with Gasteiger partial charge in [0.05, 0.1) is 12.1 Å². The van der Waals surface area contributed by atoms with E-state index in [4.69, 9.17) is 0 Å². The number of aryl methyl sites for hydroxylation is 1. The van der Waals surface area contributed by atoms with E-state index in [-0.39, 0.29) is 37.0 Å². The van der Waals surface area contributed by atoms with Gasteiger partial charge in [0.1, 0.15) is 11.5 Å². The minimum Gasteiger partial charge on any atom is -0.338 e. The molecule has 0 aromatic carbocycles. The molecule has 4 nitrogen and oxygen atoms in total. The highest BCUT2D eigenvalue weighted by Crippen LogP contribution is 2.34. The second kappa shape index (κ2) is 5.10. The fraction of sp³-hybridized carbons (Fsp3) is 0.692. The van der Waals surface area contributed by atoms with E-state index >= 15 is 0 Å². The number of rotatable bonds is 2. The summed E-state index contributed by atoms with van der Waals surface area (Å²) in [4.78, 5) is 17.8. The molecule has 0 N–H and O–H groups in total. The number of halogens is 3. The van der Waals surface area contributed by atoms with E-state index in [1.165, 1.54) is 15.7 Å². The number of hydrogen-bond donors (Lipinski definition) is 0. The van der Waals surface area contributed by atoms with Crippen LogP contribution in [0.3, 0.4) is 0 Å². The van der Waals surface area contributed by atoms with Crippen LogP contribution < -0.4 is 0 Å². The first-order valence-corrected chi connectivity index (χ1v) is 6.60. The zero-order valence-corrected chi connectivity index (χ0v) is 11.7. The third-order valence-electron chi connectivity index (χ3n) is 3.83. The third-order valence-corrected chi connectivity index (χ3v) is 3.83. The van der Waals surface area contributed by atoms with Gasteiger partial charge in [-0.15, -0.1) is 0 Å². The lowest BCUT2D eigenvalue weighted by Crippen LogP contribution is -2.37. The predicted octanol–water partition coefficient (Wildman–Crippen LogP) is 2.49. The second-order valence-corrected chi connectivity index (χ2v) is 5.46. The standard InChI is InChI=1S/C13H18F3N3O/c1-8(2)18(3)12(20)10-6-17-11-5-4-9(7-19(10)11)13(14,15)16/h6,8-9H,4-5,7H2,1-3H3/t9-/m1/s1. The number of imidazole rings is 1. The minimum atomic E-state index is -4.23. The molecule has 2 heterocycles. The highest BCUT2D eigenvalue weighted by Gasteiger charge is 2.42. The van der Waals surface area contributed by atoms with Crippen molar-refractivity contribution in [1.82, 2.24) is 14.5 Å². The van der Waals surface area contributed by atoms with Crippen molar-refractivity contribution < 1.29 is 18.0 Å². The molecule has 2 rings (SSSR count). The molecular weight excluding hydrogens is 271 g/mol. The largest absolute Gasteiger partial charge is 0.393 e. The average molecular weight is 289 g/mol. The molecule has 7 heteroatoms. The van der Waals surface area contributed by atoms with Crippen LogP contribution in [0.2, 0.25) is 0 Å². The Bertz CT molecular complexity index is 507. The van der Waals surface area contributed by atoms with E-state index in [0.717, 1.165) is 0 Å². The van der Waals surface area contributed by atoms with E-state index in [2.05, 4.69) is 4.98 Å². The number of carbonyl (C=O) groups is 1. The van der Waals surface area contributed by atoms with Crippen molar-refractivity contribution in [3.05, 3.63) is 17.7 Å². The first kappa shape index (κ1) is 14.9. The molecule has 0 unspecified atom stereocenters. The molecule has 1 aromatic rings. The number of alkyl halides is 3. The van der Waals surface area contributed by atoms with Gasteiger partial charge in [0.2, 0.25) is 0 Å². The molecule has 1 atom stereocenters. The summed E-state index contributed by atoms with van der Waals surface area (Å²) in [5, 5.41) is 0. The van der Waals surface area contributed by atoms with Gasteiger partial charge in [-0.2, -0.15) is 13.2 Å². The average Bonchev–Trinajstić information content (AvgIpc) is 2.78. The van der Waals surface area contributed by atoms with Gasteiger partial charge in [0.15, 0.2) is 0 Å². The molecule has 1 aliphatic heterocycles. The first-order valence-electron chi connectivity index (χ1n) is 6.60. The fourth-order valence-corrected chi connectivity index (χ4v) is 2.29. The Morgan fingerprint density at radius 3 is 2.70 bits per heavy atom. The Labute approximate surface area is 115 Å². The van der Waals surface area contributed by atoms with Gasteiger partial charge in [0.25, 0.3) is 5.91 Å². The van der Waals surface area contributed by atoms with Crippen LogP contribution in [0.5, 0.6) is 0 Å². The van der Waals surface area contributed by atoms with Gasteiger partial charge in [-0.05, 0) is 20.3 Å². The van der Waals surface area contributed by atoms with Gasteiger partial charge in [-0.3, -0.25) is 4.79 Å². The van der Waals surface area contributed by atoms with E-state index in [1.807, 2.05) is 13.8 Å². The molecule has 112 valence electrons. The quantitative estimate of drug-likeness (QED) is 0.839. The number of amides is 1. The molecule has 0 spiro atoms. The Hall–Kier alpha value is -1.53. The van der Waals surface area contributed by atoms with Crippen molar-refractivity contribution in [2.45, 2.75) is 45.5 Å². The van der Waals surface area contributed by atoms with Gasteiger partial charge >= 0.3 is 6.18 Å². The molecule has 20 heavy (non-hydrogen) atoms. The van der Waals surface area contributed by atoms with Gasteiger partial charge in [-0.25, -0.2) is 4.98 Å². The number of fused-ring (bicyclic) bond motifs is 1. The summed E-state index contributed by atoms with van der Waals surface area (Å²) in [7, 11) is 1.64. The van der Waals surface area contributed by atoms with Gasteiger partial charge in [0, 0.05) is 26.1 Å². The highest BCUT2D eigenvalue weighted by molar-refractivity contribution is 5.92. The summed E-state index contributed by atoms with van der Waals surface area (Å²) < 4.78 is 39.9. The molecule has 0 saturated heterocycles. The lowest BCUT2D eigenvalue weighted by molar-refractivity contribution is -0.182.